The van der Waals surface area contributed by atoms with Gasteiger partial charge in [-0.05, 0) is 216 Å². The molecular weight excluding hydrogens is 1160 g/mol. The molecule has 0 bridgehead atoms. The fourth-order valence-electron chi connectivity index (χ4n) is 15.3. The van der Waals surface area contributed by atoms with E-state index in [0.717, 1.165) is 51.4 Å². The van der Waals surface area contributed by atoms with Crippen LogP contribution in [0.5, 0.6) is 0 Å². The number of amides is 2. The Kier molecular flexibility index (Phi) is 24.2. The first-order valence-electron chi connectivity index (χ1n) is 31.8. The van der Waals surface area contributed by atoms with Crippen LogP contribution in [0.4, 0.5) is 11.6 Å². The fraction of sp³-hybridized carbons (Fsp3) is 0.647. The Morgan fingerprint density at radius 1 is 0.489 bits per heavy atom. The van der Waals surface area contributed by atoms with Crippen molar-refractivity contribution in [1.82, 2.24) is 20.8 Å². The third kappa shape index (κ3) is 16.4. The minimum absolute atomic E-state index is 0. The van der Waals surface area contributed by atoms with Crippen LogP contribution in [-0.2, 0) is 59.5 Å². The van der Waals surface area contributed by atoms with Crippen molar-refractivity contribution >= 4 is 71.2 Å². The molecule has 6 aliphatic rings. The number of nitrogen functional groups attached to an aromatic ring is 1. The molecule has 2 aromatic heterocycles. The number of esters is 4. The minimum Gasteiger partial charge on any atom is -0.494 e. The van der Waals surface area contributed by atoms with Crippen LogP contribution in [0.15, 0.2) is 43.7 Å². The molecule has 0 aromatic carbocycles. The number of nitrogens with one attached hydrogen (secondary N) is 3. The smallest absolute Gasteiger partial charge is 0.494 e. The van der Waals surface area contributed by atoms with Crippen LogP contribution >= 0.6 is 0 Å². The summed E-state index contributed by atoms with van der Waals surface area (Å²) in [5, 5.41) is 5.39. The SMILES string of the molecule is CC(=O)NC1=N/C(=C\c2[n-]c(N)c(C(=O)OC3C(C)CC(C)CC3C)c2C)C(C)=C1C(=O)OC1C(C)CC(C)CC1C.CCONC1=N/C(=C\c2[n-]c(NC(C)=O)c(C(=O)OC3C(C)CC(C)CC3C)c2C)C(C)=C1C(=O)OC1C(C)CC(C)CC1C.[Ni+2]. The molecule has 4 fully saturated rings. The number of allylic oxidation sites excluding steroid dienone is 2. The zero-order valence-electron chi connectivity index (χ0n) is 55.4. The third-order valence-corrected chi connectivity index (χ3v) is 18.9. The Hall–Kier alpha value is -6.27. The molecule has 88 heavy (non-hydrogen) atoms. The molecule has 0 saturated heterocycles. The summed E-state index contributed by atoms with van der Waals surface area (Å²) in [7, 11) is 0. The molecule has 486 valence electrons. The largest absolute Gasteiger partial charge is 2.00 e. The molecule has 2 amide bonds. The van der Waals surface area contributed by atoms with Crippen LogP contribution in [0.25, 0.3) is 12.2 Å². The number of nitrogens with zero attached hydrogens (tertiary/aromatic N) is 4. The van der Waals surface area contributed by atoms with Crippen molar-refractivity contribution in [3.05, 3.63) is 67.3 Å². The molecule has 0 spiro atoms. The molecule has 0 radical (unpaired) electrons. The number of hydrogen-bond donors (Lipinski definition) is 4. The van der Waals surface area contributed by atoms with Crippen molar-refractivity contribution in [3.63, 3.8) is 0 Å². The van der Waals surface area contributed by atoms with E-state index in [9.17, 15) is 28.8 Å². The summed E-state index contributed by atoms with van der Waals surface area (Å²) in [6.45, 7) is 37.9. The molecule has 20 heteroatoms. The molecule has 4 heterocycles. The first-order valence-corrected chi connectivity index (χ1v) is 31.8. The molecule has 2 aromatic rings. The minimum atomic E-state index is -0.512. The maximum atomic E-state index is 13.7. The van der Waals surface area contributed by atoms with Gasteiger partial charge in [-0.3, -0.25) is 14.4 Å². The maximum Gasteiger partial charge on any atom is 2.00 e. The topological polar surface area (TPSA) is 264 Å². The standard InChI is InChI=1S/C35H52N4O6.C33H48N4O5.Ni/c1-11-43-39-33-29(35(42)45-31-21(6)14-18(3)15-22(31)7)24(9)27(38-33)16-26-23(8)28(32(37-26)36-25(10)40)34(41)44-30-19(4)12-17(2)13-20(30)5;1-15-10-17(3)28(18(4)11-15)41-32(39)26-21(7)24(36-30(26)34)14-25-22(8)27(31(37-25)35-23(9)38)33(40)42-29-19(5)12-16(2)13-20(29)6;/h16-22,30-31H,11-15H2,1-10H3,(H3,36,37,38,39,40,41,42);14-20,28-29H,10-13H2,1-9H3,(H4,34,35,36,37,38,39,40);/q;;+2/p-2. The quantitative estimate of drug-likeness (QED) is 0.0629. The summed E-state index contributed by atoms with van der Waals surface area (Å²) in [5.41, 5.74) is 14.1. The van der Waals surface area contributed by atoms with E-state index in [1.54, 1.807) is 39.8 Å². The van der Waals surface area contributed by atoms with Crippen LogP contribution in [0.3, 0.4) is 0 Å². The number of hydrogen-bond acceptors (Lipinski definition) is 15. The molecule has 8 atom stereocenters. The van der Waals surface area contributed by atoms with E-state index in [0.29, 0.717) is 80.9 Å². The van der Waals surface area contributed by atoms with E-state index in [4.69, 9.17) is 29.5 Å². The Bertz CT molecular complexity index is 3100. The van der Waals surface area contributed by atoms with Gasteiger partial charge in [0.25, 0.3) is 0 Å². The van der Waals surface area contributed by atoms with Gasteiger partial charge in [-0.1, -0.05) is 88.9 Å². The van der Waals surface area contributed by atoms with E-state index in [-0.39, 0.29) is 140 Å². The monoisotopic (exact) mass is 1260 g/mol. The normalized spacial score (nSPS) is 31.4. The second-order valence-corrected chi connectivity index (χ2v) is 27.2. The molecule has 4 saturated carbocycles. The second-order valence-electron chi connectivity index (χ2n) is 27.2. The van der Waals surface area contributed by atoms with E-state index < -0.39 is 23.9 Å². The molecule has 2 aliphatic heterocycles. The first kappa shape index (κ1) is 70.8. The number of hydroxylamine groups is 1. The number of carbonyl (C=O) groups excluding carboxylic acids is 6. The average molecular weight is 1260 g/mol. The fourth-order valence-corrected chi connectivity index (χ4v) is 15.3. The third-order valence-electron chi connectivity index (χ3n) is 18.9. The Morgan fingerprint density at radius 3 is 1.17 bits per heavy atom. The summed E-state index contributed by atoms with van der Waals surface area (Å²) >= 11 is 0. The molecular formula is C68H98N8NiO11. The number of amidine groups is 2. The predicted molar refractivity (Wildman–Crippen MR) is 338 cm³/mol. The zero-order chi connectivity index (χ0) is 64.2. The van der Waals surface area contributed by atoms with Gasteiger partial charge in [-0.2, -0.15) is 0 Å². The van der Waals surface area contributed by atoms with Gasteiger partial charge in [0.1, 0.15) is 47.3 Å². The van der Waals surface area contributed by atoms with Crippen LogP contribution in [-0.4, -0.2) is 78.4 Å². The Balaban J connectivity index is 0.000000278. The van der Waals surface area contributed by atoms with Gasteiger partial charge in [0.05, 0.1) is 29.1 Å². The number of nitrogens with two attached hydrogens (primary N) is 1. The molecule has 19 nitrogen and oxygen atoms in total. The van der Waals surface area contributed by atoms with Crippen molar-refractivity contribution in [2.75, 3.05) is 17.7 Å². The average Bonchev–Trinajstić information content (AvgIpc) is 3.90. The summed E-state index contributed by atoms with van der Waals surface area (Å²) < 4.78 is 24.3. The number of anilines is 2. The van der Waals surface area contributed by atoms with Gasteiger partial charge < -0.3 is 45.3 Å². The second kappa shape index (κ2) is 30.0. The van der Waals surface area contributed by atoms with Gasteiger partial charge in [0.2, 0.25) is 5.91 Å². The van der Waals surface area contributed by atoms with Gasteiger partial charge >= 0.3 is 40.4 Å². The number of ether oxygens (including phenoxy) is 4. The molecule has 5 N–H and O–H groups in total. The van der Waals surface area contributed by atoms with Crippen molar-refractivity contribution < 1.29 is 69.0 Å². The number of aliphatic imine (C=N–C) groups is 2. The van der Waals surface area contributed by atoms with Crippen LogP contribution < -0.4 is 31.8 Å². The van der Waals surface area contributed by atoms with Crippen LogP contribution in [0.2, 0.25) is 0 Å². The predicted octanol–water partition coefficient (Wildman–Crippen LogP) is 11.9. The molecule has 8 rings (SSSR count). The van der Waals surface area contributed by atoms with Crippen molar-refractivity contribution in [3.8, 4) is 0 Å². The molecule has 4 aliphatic carbocycles. The van der Waals surface area contributed by atoms with Crippen LogP contribution in [0, 0.1) is 84.9 Å². The zero-order valence-corrected chi connectivity index (χ0v) is 56.4. The Morgan fingerprint density at radius 2 is 0.807 bits per heavy atom. The summed E-state index contributed by atoms with van der Waals surface area (Å²) in [5.74, 6) is 2.23. The van der Waals surface area contributed by atoms with Gasteiger partial charge in [-0.15, -0.1) is 0 Å². The summed E-state index contributed by atoms with van der Waals surface area (Å²) in [4.78, 5) is 102. The van der Waals surface area contributed by atoms with Gasteiger partial charge in [0, 0.05) is 6.92 Å². The van der Waals surface area contributed by atoms with E-state index in [1.165, 1.54) is 13.8 Å². The summed E-state index contributed by atoms with van der Waals surface area (Å²) in [6.07, 6.45) is 10.6. The van der Waals surface area contributed by atoms with Crippen LogP contribution in [0.1, 0.15) is 212 Å². The van der Waals surface area contributed by atoms with E-state index >= 15 is 0 Å². The molecule has 8 unspecified atom stereocenters. The number of aromatic nitrogens is 2. The maximum absolute atomic E-state index is 13.7. The van der Waals surface area contributed by atoms with E-state index in [2.05, 4.69) is 119 Å². The first-order chi connectivity index (χ1) is 40.9. The van der Waals surface area contributed by atoms with Gasteiger partial charge in [-0.25, -0.2) is 34.6 Å². The van der Waals surface area contributed by atoms with E-state index in [1.807, 2.05) is 6.92 Å². The Labute approximate surface area is 531 Å². The summed E-state index contributed by atoms with van der Waals surface area (Å²) in [6, 6.07) is 0. The van der Waals surface area contributed by atoms with Crippen molar-refractivity contribution in [2.24, 2.45) is 81.0 Å². The van der Waals surface area contributed by atoms with Gasteiger partial charge in [0.15, 0.2) is 5.84 Å². The number of rotatable bonds is 13. The van der Waals surface area contributed by atoms with Crippen molar-refractivity contribution in [1.29, 1.82) is 0 Å². The van der Waals surface area contributed by atoms with Crippen molar-refractivity contribution in [2.45, 2.75) is 207 Å². The number of carbonyl (C=O) groups is 6.